The van der Waals surface area contributed by atoms with E-state index in [2.05, 4.69) is 4.90 Å². The molecule has 3 fully saturated rings. The van der Waals surface area contributed by atoms with Gasteiger partial charge in [-0.15, -0.1) is 0 Å². The first-order chi connectivity index (χ1) is 27.2. The molecule has 0 bridgehead atoms. The average molecular weight is 825 g/mol. The van der Waals surface area contributed by atoms with Crippen molar-refractivity contribution >= 4 is 5.97 Å². The first-order valence-corrected chi connectivity index (χ1v) is 21.2. The van der Waals surface area contributed by atoms with Crippen molar-refractivity contribution in [1.29, 1.82) is 0 Å². The number of hydrogen-bond acceptors (Lipinski definition) is 14. The Bertz CT molecular complexity index is 1390. The van der Waals surface area contributed by atoms with Gasteiger partial charge in [0.05, 0.1) is 60.9 Å². The van der Waals surface area contributed by atoms with Crippen molar-refractivity contribution in [1.82, 2.24) is 9.80 Å². The van der Waals surface area contributed by atoms with Gasteiger partial charge in [0.25, 0.3) is 0 Å². The van der Waals surface area contributed by atoms with Crippen LogP contribution in [0.3, 0.4) is 0 Å². The number of carbonyl (C=O) groups excluding carboxylic acids is 1. The van der Waals surface area contributed by atoms with Crippen LogP contribution in [0.4, 0.5) is 0 Å². The summed E-state index contributed by atoms with van der Waals surface area (Å²) in [5.74, 6) is -2.41. The van der Waals surface area contributed by atoms with Crippen LogP contribution in [-0.2, 0) is 49.3 Å². The molecule has 3 N–H and O–H groups in total. The van der Waals surface area contributed by atoms with Crippen LogP contribution >= 0.6 is 0 Å². The molecule has 0 aromatic heterocycles. The zero-order valence-corrected chi connectivity index (χ0v) is 37.4. The Balaban J connectivity index is 1.79. The quantitative estimate of drug-likeness (QED) is 0.277. The highest BCUT2D eigenvalue weighted by molar-refractivity contribution is 5.73. The number of carbonyl (C=O) groups is 1. The molecule has 0 aliphatic carbocycles. The number of aliphatic hydroxyl groups is 3. The van der Waals surface area contributed by atoms with Gasteiger partial charge in [-0.25, -0.2) is 0 Å². The first-order valence-electron chi connectivity index (χ1n) is 21.2. The monoisotopic (exact) mass is 825 g/mol. The third-order valence-corrected chi connectivity index (χ3v) is 13.0. The van der Waals surface area contributed by atoms with Gasteiger partial charge in [0.1, 0.15) is 18.3 Å². The lowest BCUT2D eigenvalue weighted by Crippen LogP contribution is -2.61. The van der Waals surface area contributed by atoms with Crippen LogP contribution in [-0.4, -0.2) is 165 Å². The minimum absolute atomic E-state index is 0.148. The molecule has 3 aliphatic rings. The molecule has 0 spiro atoms. The molecule has 4 rings (SSSR count). The van der Waals surface area contributed by atoms with E-state index in [1.54, 1.807) is 28.1 Å². The van der Waals surface area contributed by atoms with E-state index in [0.717, 1.165) is 5.56 Å². The Morgan fingerprint density at radius 3 is 2.14 bits per heavy atom. The number of rotatable bonds is 11. The lowest BCUT2D eigenvalue weighted by Gasteiger charge is -2.49. The zero-order chi connectivity index (χ0) is 43.1. The van der Waals surface area contributed by atoms with Gasteiger partial charge < -0.3 is 63.0 Å². The maximum Gasteiger partial charge on any atom is 0.311 e. The predicted molar refractivity (Wildman–Crippen MR) is 219 cm³/mol. The highest BCUT2D eigenvalue weighted by Crippen LogP contribution is 2.41. The molecule has 334 valence electrons. The van der Waals surface area contributed by atoms with Crippen LogP contribution in [0.1, 0.15) is 80.2 Å². The summed E-state index contributed by atoms with van der Waals surface area (Å²) in [4.78, 5) is 18.6. The van der Waals surface area contributed by atoms with E-state index in [1.807, 2.05) is 97.9 Å². The summed E-state index contributed by atoms with van der Waals surface area (Å²) in [6.45, 7) is 16.6. The van der Waals surface area contributed by atoms with E-state index in [4.69, 9.17) is 37.9 Å². The van der Waals surface area contributed by atoms with Gasteiger partial charge in [0.2, 0.25) is 0 Å². The molecule has 14 heteroatoms. The summed E-state index contributed by atoms with van der Waals surface area (Å²) in [6.07, 6.45) is -6.66. The smallest absolute Gasteiger partial charge is 0.311 e. The highest BCUT2D eigenvalue weighted by atomic mass is 16.7. The summed E-state index contributed by atoms with van der Waals surface area (Å²) < 4.78 is 51.2. The van der Waals surface area contributed by atoms with Crippen molar-refractivity contribution in [3.63, 3.8) is 0 Å². The molecule has 0 saturated carbocycles. The zero-order valence-electron chi connectivity index (χ0n) is 37.4. The second-order valence-electron chi connectivity index (χ2n) is 18.3. The molecule has 0 unspecified atom stereocenters. The number of nitrogens with zero attached hydrogens (tertiary/aromatic N) is 2. The molecule has 3 aliphatic heterocycles. The van der Waals surface area contributed by atoms with E-state index in [9.17, 15) is 20.1 Å². The van der Waals surface area contributed by atoms with Crippen LogP contribution in [0.5, 0.6) is 0 Å². The van der Waals surface area contributed by atoms with Gasteiger partial charge in [-0.1, -0.05) is 51.1 Å². The number of hydrogen-bond donors (Lipinski definition) is 3. The summed E-state index contributed by atoms with van der Waals surface area (Å²) in [5.41, 5.74) is -1.07. The van der Waals surface area contributed by atoms with Crippen LogP contribution in [0.25, 0.3) is 0 Å². The van der Waals surface area contributed by atoms with Gasteiger partial charge in [-0.2, -0.15) is 0 Å². The van der Waals surface area contributed by atoms with Crippen LogP contribution in [0, 0.1) is 23.7 Å². The Morgan fingerprint density at radius 2 is 1.52 bits per heavy atom. The third-order valence-electron chi connectivity index (χ3n) is 13.0. The van der Waals surface area contributed by atoms with Crippen molar-refractivity contribution in [3.8, 4) is 0 Å². The molecule has 3 saturated heterocycles. The lowest BCUT2D eigenvalue weighted by atomic mass is 9.75. The van der Waals surface area contributed by atoms with Crippen molar-refractivity contribution in [3.05, 3.63) is 35.9 Å². The Hall–Kier alpha value is -1.79. The van der Waals surface area contributed by atoms with Gasteiger partial charge in [0, 0.05) is 45.7 Å². The summed E-state index contributed by atoms with van der Waals surface area (Å²) in [5, 5.41) is 34.6. The van der Waals surface area contributed by atoms with E-state index < -0.39 is 84.3 Å². The van der Waals surface area contributed by atoms with Crippen molar-refractivity contribution in [2.45, 2.75) is 160 Å². The summed E-state index contributed by atoms with van der Waals surface area (Å²) in [7, 11) is 8.95. The molecular formula is C44H76N2O12. The molecule has 1 aromatic rings. The fourth-order valence-corrected chi connectivity index (χ4v) is 9.33. The fourth-order valence-electron chi connectivity index (χ4n) is 9.33. The highest BCUT2D eigenvalue weighted by Gasteiger charge is 2.52. The number of ether oxygens (including phenoxy) is 8. The second kappa shape index (κ2) is 21.3. The lowest BCUT2D eigenvalue weighted by molar-refractivity contribution is -0.319. The number of benzene rings is 1. The second-order valence-corrected chi connectivity index (χ2v) is 18.3. The molecular weight excluding hydrogens is 748 g/mol. The van der Waals surface area contributed by atoms with E-state index in [1.165, 1.54) is 0 Å². The van der Waals surface area contributed by atoms with Gasteiger partial charge in [0.15, 0.2) is 12.6 Å². The maximum atomic E-state index is 14.5. The third kappa shape index (κ3) is 12.2. The Labute approximate surface area is 347 Å². The van der Waals surface area contributed by atoms with E-state index in [0.29, 0.717) is 32.5 Å². The molecule has 0 radical (unpaired) electrons. The topological polar surface area (TPSA) is 158 Å². The van der Waals surface area contributed by atoms with Crippen LogP contribution in [0.2, 0.25) is 0 Å². The Morgan fingerprint density at radius 1 is 0.862 bits per heavy atom. The number of methoxy groups -OCH3 is 2. The average Bonchev–Trinajstić information content (AvgIpc) is 3.17. The SMILES string of the molecule is CO[C@]1(C)C[C@@H](C)[C@H](O)[C@H](C)CN(C)C[C@@H](COCc2ccccc2)OC(=O)[C@H](C)[C@@H](O[C@H]2C[C@@](C)(OC)[C@@H](O)[C@H](C)O2)[C@H](C)[C@H]1O[C@@H]1O[C@H](C)C[C@H](N(C)C)[C@H]1O. The molecule has 58 heavy (non-hydrogen) atoms. The molecule has 14 nitrogen and oxygen atoms in total. The number of aliphatic hydroxyl groups excluding tert-OH is 3. The first kappa shape index (κ1) is 48.9. The van der Waals surface area contributed by atoms with Crippen molar-refractivity contribution < 1.29 is 58.0 Å². The van der Waals surface area contributed by atoms with Crippen LogP contribution in [0.15, 0.2) is 30.3 Å². The molecule has 3 heterocycles. The van der Waals surface area contributed by atoms with Gasteiger partial charge in [-0.05, 0) is 86.0 Å². The van der Waals surface area contributed by atoms with Gasteiger partial charge in [-0.3, -0.25) is 4.79 Å². The minimum atomic E-state index is -1.08. The molecule has 1 aromatic carbocycles. The van der Waals surface area contributed by atoms with Crippen molar-refractivity contribution in [2.75, 3.05) is 55.1 Å². The molecule has 17 atom stereocenters. The largest absolute Gasteiger partial charge is 0.458 e. The van der Waals surface area contributed by atoms with Crippen molar-refractivity contribution in [2.24, 2.45) is 23.7 Å². The summed E-state index contributed by atoms with van der Waals surface area (Å²) >= 11 is 0. The molecule has 0 amide bonds. The van der Waals surface area contributed by atoms with E-state index >= 15 is 0 Å². The van der Waals surface area contributed by atoms with Gasteiger partial charge >= 0.3 is 5.97 Å². The standard InChI is InChI=1S/C44H76N2O12/c1-26-20-44(8,52-13)40(58-42-37(48)34(45(9)10)19-28(3)54-42)29(4)38(57-35-21-43(7,51-12)39(49)31(6)55-35)30(5)41(50)56-33(23-46(11)22-27(2)36(26)47)25-53-24-32-17-15-14-16-18-32/h14-18,26-31,33-40,42,47-49H,19-25H2,1-13H3/t26-,27-,28-,29+,30-,31+,33+,34+,35+,36+,37-,38+,39+,40-,42+,43-,44-/m1/s1. The number of esters is 1. The number of cyclic esters (lactones) is 1. The van der Waals surface area contributed by atoms with E-state index in [-0.39, 0.29) is 37.0 Å². The normalized spacial score (nSPS) is 43.1. The maximum absolute atomic E-state index is 14.5. The fraction of sp³-hybridized carbons (Fsp3) is 0.841. The predicted octanol–water partition coefficient (Wildman–Crippen LogP) is 3.86. The number of likely N-dealkylation sites (N-methyl/N-ethyl adjacent to an activating group) is 2. The minimum Gasteiger partial charge on any atom is -0.458 e. The van der Waals surface area contributed by atoms with Crippen LogP contribution < -0.4 is 0 Å². The Kier molecular flexibility index (Phi) is 18.0. The summed E-state index contributed by atoms with van der Waals surface area (Å²) in [6, 6.07) is 9.58.